The van der Waals surface area contributed by atoms with Crippen molar-refractivity contribution < 1.29 is 19.1 Å². The van der Waals surface area contributed by atoms with Crippen molar-refractivity contribution in [3.8, 4) is 5.75 Å². The summed E-state index contributed by atoms with van der Waals surface area (Å²) in [4.78, 5) is 29.3. The topological polar surface area (TPSA) is 95.3 Å². The Morgan fingerprint density at radius 2 is 2.00 bits per heavy atom. The zero-order chi connectivity index (χ0) is 19.8. The summed E-state index contributed by atoms with van der Waals surface area (Å²) in [5.74, 6) is -0.196. The lowest BCUT2D eigenvalue weighted by atomic mass is 10.1. The van der Waals surface area contributed by atoms with E-state index in [-0.39, 0.29) is 23.8 Å². The molecule has 0 unspecified atom stereocenters. The van der Waals surface area contributed by atoms with Crippen LogP contribution in [0.5, 0.6) is 5.75 Å². The number of nitrogens with one attached hydrogen (secondary N) is 1. The molecule has 2 atom stereocenters. The number of carbonyl (C=O) groups is 2. The van der Waals surface area contributed by atoms with Crippen molar-refractivity contribution in [2.75, 3.05) is 7.11 Å². The van der Waals surface area contributed by atoms with Crippen molar-refractivity contribution in [3.63, 3.8) is 0 Å². The van der Waals surface area contributed by atoms with E-state index >= 15 is 0 Å². The summed E-state index contributed by atoms with van der Waals surface area (Å²) in [5.41, 5.74) is 0.504. The minimum Gasteiger partial charge on any atom is -0.495 e. The number of hydrogen-bond acceptors (Lipinski definition) is 6. The first-order valence-electron chi connectivity index (χ1n) is 9.08. The van der Waals surface area contributed by atoms with Gasteiger partial charge in [-0.2, -0.15) is 5.10 Å². The Bertz CT molecular complexity index is 868. The number of hydrogen-bond donors (Lipinski definition) is 1. The minimum atomic E-state index is -0.503. The fourth-order valence-corrected chi connectivity index (χ4v) is 3.43. The highest BCUT2D eigenvalue weighted by atomic mass is 16.6. The summed E-state index contributed by atoms with van der Waals surface area (Å²) in [7, 11) is 3.30. The van der Waals surface area contributed by atoms with Crippen LogP contribution >= 0.6 is 0 Å². The molecule has 3 rings (SSSR count). The maximum Gasteiger partial charge on any atom is 0.309 e. The second-order valence-corrected chi connectivity index (χ2v) is 7.92. The normalized spacial score (nSPS) is 19.9. The lowest BCUT2D eigenvalue weighted by molar-refractivity contribution is -0.159. The van der Waals surface area contributed by atoms with Gasteiger partial charge in [0.05, 0.1) is 24.6 Å². The summed E-state index contributed by atoms with van der Waals surface area (Å²) in [5, 5.41) is 7.84. The quantitative estimate of drug-likeness (QED) is 0.825. The SMILES string of the molecule is COc1c(C(=O)N[C@@H]2CC[C@H](C(=O)OC(C)(C)C)C2)cnc2c1cnn2C. The van der Waals surface area contributed by atoms with Crippen molar-refractivity contribution in [2.45, 2.75) is 51.7 Å². The van der Waals surface area contributed by atoms with E-state index in [2.05, 4.69) is 15.4 Å². The van der Waals surface area contributed by atoms with E-state index in [4.69, 9.17) is 9.47 Å². The molecule has 1 aliphatic rings. The third-order valence-corrected chi connectivity index (χ3v) is 4.67. The number of pyridine rings is 1. The van der Waals surface area contributed by atoms with Gasteiger partial charge < -0.3 is 14.8 Å². The van der Waals surface area contributed by atoms with Gasteiger partial charge in [0.25, 0.3) is 5.91 Å². The van der Waals surface area contributed by atoms with Crippen LogP contribution in [-0.4, -0.2) is 45.4 Å². The summed E-state index contributed by atoms with van der Waals surface area (Å²) in [6, 6.07) is -0.0793. The first kappa shape index (κ1) is 19.1. The lowest BCUT2D eigenvalue weighted by Gasteiger charge is -2.22. The third-order valence-electron chi connectivity index (χ3n) is 4.67. The number of fused-ring (bicyclic) bond motifs is 1. The molecular formula is C19H26N4O4. The smallest absolute Gasteiger partial charge is 0.309 e. The molecule has 1 N–H and O–H groups in total. The Hall–Kier alpha value is -2.64. The van der Waals surface area contributed by atoms with Crippen molar-refractivity contribution >= 4 is 22.9 Å². The average molecular weight is 374 g/mol. The van der Waals surface area contributed by atoms with Gasteiger partial charge in [-0.15, -0.1) is 0 Å². The Kier molecular flexibility index (Phi) is 5.08. The van der Waals surface area contributed by atoms with Crippen LogP contribution in [0, 0.1) is 5.92 Å². The van der Waals surface area contributed by atoms with Gasteiger partial charge in [0, 0.05) is 19.3 Å². The fourth-order valence-electron chi connectivity index (χ4n) is 3.43. The molecule has 8 heteroatoms. The first-order valence-corrected chi connectivity index (χ1v) is 9.08. The van der Waals surface area contributed by atoms with Gasteiger partial charge in [-0.1, -0.05) is 0 Å². The number of esters is 1. The number of rotatable bonds is 4. The molecule has 8 nitrogen and oxygen atoms in total. The van der Waals surface area contributed by atoms with E-state index in [1.54, 1.807) is 17.9 Å². The zero-order valence-corrected chi connectivity index (χ0v) is 16.4. The van der Waals surface area contributed by atoms with Crippen LogP contribution in [0.15, 0.2) is 12.4 Å². The number of amides is 1. The molecule has 0 spiro atoms. The number of ether oxygens (including phenoxy) is 2. The van der Waals surface area contributed by atoms with E-state index in [9.17, 15) is 9.59 Å². The Labute approximate surface area is 158 Å². The van der Waals surface area contributed by atoms with E-state index in [1.807, 2.05) is 20.8 Å². The summed E-state index contributed by atoms with van der Waals surface area (Å²) in [6.07, 6.45) is 5.15. The highest BCUT2D eigenvalue weighted by Gasteiger charge is 2.34. The highest BCUT2D eigenvalue weighted by molar-refractivity contribution is 6.02. The van der Waals surface area contributed by atoms with Crippen molar-refractivity contribution in [1.29, 1.82) is 0 Å². The molecule has 0 bridgehead atoms. The summed E-state index contributed by atoms with van der Waals surface area (Å²) in [6.45, 7) is 5.56. The highest BCUT2D eigenvalue weighted by Crippen LogP contribution is 2.30. The number of carbonyl (C=O) groups excluding carboxylic acids is 2. The number of methoxy groups -OCH3 is 1. The van der Waals surface area contributed by atoms with Crippen molar-refractivity contribution in [2.24, 2.45) is 13.0 Å². The molecule has 0 aromatic carbocycles. The first-order chi connectivity index (χ1) is 12.7. The van der Waals surface area contributed by atoms with Gasteiger partial charge in [0.15, 0.2) is 5.65 Å². The van der Waals surface area contributed by atoms with Gasteiger partial charge in [-0.25, -0.2) is 4.98 Å². The van der Waals surface area contributed by atoms with Crippen LogP contribution in [0.25, 0.3) is 11.0 Å². The molecule has 1 saturated carbocycles. The second kappa shape index (κ2) is 7.17. The molecule has 1 amide bonds. The van der Waals surface area contributed by atoms with Crippen LogP contribution in [0.3, 0.4) is 0 Å². The van der Waals surface area contributed by atoms with Crippen LogP contribution in [-0.2, 0) is 16.6 Å². The maximum atomic E-state index is 12.8. The lowest BCUT2D eigenvalue weighted by Crippen LogP contribution is -2.34. The van der Waals surface area contributed by atoms with E-state index in [1.165, 1.54) is 13.3 Å². The van der Waals surface area contributed by atoms with Crippen LogP contribution in [0.2, 0.25) is 0 Å². The number of aryl methyl sites for hydroxylation is 1. The van der Waals surface area contributed by atoms with Crippen molar-refractivity contribution in [1.82, 2.24) is 20.1 Å². The molecule has 1 aliphatic carbocycles. The van der Waals surface area contributed by atoms with Crippen LogP contribution in [0.1, 0.15) is 50.4 Å². The molecular weight excluding hydrogens is 348 g/mol. The van der Waals surface area contributed by atoms with E-state index < -0.39 is 5.60 Å². The van der Waals surface area contributed by atoms with Gasteiger partial charge in [0.1, 0.15) is 16.9 Å². The van der Waals surface area contributed by atoms with Gasteiger partial charge in [-0.3, -0.25) is 14.3 Å². The molecule has 1 fully saturated rings. The molecule has 146 valence electrons. The second-order valence-electron chi connectivity index (χ2n) is 7.92. The molecule has 2 aromatic rings. The predicted octanol–water partition coefficient (Wildman–Crippen LogP) is 2.22. The Morgan fingerprint density at radius 3 is 2.67 bits per heavy atom. The molecule has 27 heavy (non-hydrogen) atoms. The summed E-state index contributed by atoms with van der Waals surface area (Å²) >= 11 is 0. The van der Waals surface area contributed by atoms with Crippen LogP contribution in [0.4, 0.5) is 0 Å². The monoisotopic (exact) mass is 374 g/mol. The van der Waals surface area contributed by atoms with Gasteiger partial charge in [-0.05, 0) is 40.0 Å². The molecule has 2 aromatic heterocycles. The predicted molar refractivity (Wildman–Crippen MR) is 99.5 cm³/mol. The average Bonchev–Trinajstić information content (AvgIpc) is 3.19. The number of nitrogens with zero attached hydrogens (tertiary/aromatic N) is 3. The standard InChI is InChI=1S/C19H26N4O4/c1-19(2,3)27-18(25)11-6-7-12(8-11)22-17(24)14-9-20-16-13(15(14)26-5)10-21-23(16)4/h9-12H,6-8H2,1-5H3,(H,22,24)/t11-,12+/m0/s1. The van der Waals surface area contributed by atoms with Gasteiger partial charge in [0.2, 0.25) is 0 Å². The Morgan fingerprint density at radius 1 is 1.26 bits per heavy atom. The largest absolute Gasteiger partial charge is 0.495 e. The molecule has 0 saturated heterocycles. The van der Waals surface area contributed by atoms with Crippen LogP contribution < -0.4 is 10.1 Å². The summed E-state index contributed by atoms with van der Waals surface area (Å²) < 4.78 is 12.5. The fraction of sp³-hybridized carbons (Fsp3) is 0.579. The minimum absolute atomic E-state index is 0.0793. The van der Waals surface area contributed by atoms with E-state index in [0.29, 0.717) is 35.2 Å². The molecule has 0 aliphatic heterocycles. The Balaban J connectivity index is 1.70. The van der Waals surface area contributed by atoms with E-state index in [0.717, 1.165) is 6.42 Å². The zero-order valence-electron chi connectivity index (χ0n) is 16.4. The molecule has 2 heterocycles. The molecule has 0 radical (unpaired) electrons. The number of aromatic nitrogens is 3. The van der Waals surface area contributed by atoms with Crippen molar-refractivity contribution in [3.05, 3.63) is 18.0 Å². The maximum absolute atomic E-state index is 12.8. The third kappa shape index (κ3) is 4.04. The van der Waals surface area contributed by atoms with Gasteiger partial charge >= 0.3 is 5.97 Å².